The summed E-state index contributed by atoms with van der Waals surface area (Å²) in [6.07, 6.45) is 4.30. The van der Waals surface area contributed by atoms with Crippen LogP contribution in [0.3, 0.4) is 0 Å². The average molecular weight is 196 g/mol. The number of nitrogens with zero attached hydrogens (tertiary/aromatic N) is 2. The van der Waals surface area contributed by atoms with Crippen LogP contribution in [0.15, 0.2) is 12.4 Å². The first-order valence-corrected chi connectivity index (χ1v) is 4.71. The number of aryl methyl sites for hydroxylation is 1. The molecule has 0 bridgehead atoms. The lowest BCUT2D eigenvalue weighted by molar-refractivity contribution is -0.142. The molecule has 0 saturated carbocycles. The maximum atomic E-state index is 10.7. The van der Waals surface area contributed by atoms with Crippen LogP contribution >= 0.6 is 0 Å². The molecule has 78 valence electrons. The molecule has 1 aromatic heterocycles. The van der Waals surface area contributed by atoms with Gasteiger partial charge in [-0.25, -0.2) is 4.98 Å². The molecule has 14 heavy (non-hydrogen) atoms. The fourth-order valence-corrected chi connectivity index (χ4v) is 1.30. The molecule has 0 fully saturated rings. The molecule has 2 unspecified atom stereocenters. The summed E-state index contributed by atoms with van der Waals surface area (Å²) in [7, 11) is 1.92. The van der Waals surface area contributed by atoms with Gasteiger partial charge in [0.15, 0.2) is 0 Å². The normalized spacial score (nSPS) is 15.1. The molecule has 1 heterocycles. The summed E-state index contributed by atoms with van der Waals surface area (Å²) in [6, 6.07) is 0. The Kier molecular flexibility index (Phi) is 3.28. The van der Waals surface area contributed by atoms with E-state index in [1.54, 1.807) is 13.1 Å². The van der Waals surface area contributed by atoms with Crippen LogP contribution in [0.2, 0.25) is 0 Å². The van der Waals surface area contributed by atoms with E-state index in [0.29, 0.717) is 6.42 Å². The van der Waals surface area contributed by atoms with Gasteiger partial charge >= 0.3 is 5.97 Å². The molecular weight excluding hydrogens is 180 g/mol. The zero-order chi connectivity index (χ0) is 10.7. The third-order valence-electron chi connectivity index (χ3n) is 2.67. The molecule has 1 N–H and O–H groups in total. The fraction of sp³-hybridized carbons (Fsp3) is 0.600. The SMILES string of the molecule is CC(Cc1nccn1C)C(C)C(=O)O. The number of aromatic nitrogens is 2. The second kappa shape index (κ2) is 4.26. The van der Waals surface area contributed by atoms with Crippen LogP contribution in [0.5, 0.6) is 0 Å². The number of hydrogen-bond donors (Lipinski definition) is 1. The van der Waals surface area contributed by atoms with Crippen molar-refractivity contribution in [2.24, 2.45) is 18.9 Å². The molecule has 0 saturated heterocycles. The van der Waals surface area contributed by atoms with Crippen molar-refractivity contribution in [3.05, 3.63) is 18.2 Å². The largest absolute Gasteiger partial charge is 0.481 e. The van der Waals surface area contributed by atoms with E-state index in [1.807, 2.05) is 24.7 Å². The van der Waals surface area contributed by atoms with Crippen LogP contribution in [0.1, 0.15) is 19.7 Å². The molecule has 4 heteroatoms. The minimum Gasteiger partial charge on any atom is -0.481 e. The van der Waals surface area contributed by atoms with Crippen LogP contribution in [0.25, 0.3) is 0 Å². The van der Waals surface area contributed by atoms with Gasteiger partial charge in [-0.2, -0.15) is 0 Å². The quantitative estimate of drug-likeness (QED) is 0.790. The Morgan fingerprint density at radius 3 is 2.71 bits per heavy atom. The van der Waals surface area contributed by atoms with Crippen LogP contribution in [0, 0.1) is 11.8 Å². The predicted octanol–water partition coefficient (Wildman–Crippen LogP) is 1.32. The van der Waals surface area contributed by atoms with E-state index in [1.165, 1.54) is 0 Å². The Morgan fingerprint density at radius 1 is 1.64 bits per heavy atom. The molecular formula is C10H16N2O2. The first kappa shape index (κ1) is 10.8. The highest BCUT2D eigenvalue weighted by molar-refractivity contribution is 5.69. The van der Waals surface area contributed by atoms with Gasteiger partial charge in [0.2, 0.25) is 0 Å². The molecule has 0 spiro atoms. The molecule has 0 amide bonds. The highest BCUT2D eigenvalue weighted by atomic mass is 16.4. The van der Waals surface area contributed by atoms with Crippen molar-refractivity contribution in [1.82, 2.24) is 9.55 Å². The maximum absolute atomic E-state index is 10.7. The summed E-state index contributed by atoms with van der Waals surface area (Å²) in [5, 5.41) is 8.82. The summed E-state index contributed by atoms with van der Waals surface area (Å²) in [5.41, 5.74) is 0. The highest BCUT2D eigenvalue weighted by Crippen LogP contribution is 2.15. The Balaban J connectivity index is 2.61. The second-order valence-corrected chi connectivity index (χ2v) is 3.76. The number of carbonyl (C=O) groups is 1. The minimum absolute atomic E-state index is 0.105. The van der Waals surface area contributed by atoms with Crippen LogP contribution < -0.4 is 0 Å². The molecule has 0 aliphatic carbocycles. The summed E-state index contributed by atoms with van der Waals surface area (Å²) >= 11 is 0. The molecule has 1 aromatic rings. The van der Waals surface area contributed by atoms with Gasteiger partial charge in [0.05, 0.1) is 5.92 Å². The standard InChI is InChI=1S/C10H16N2O2/c1-7(8(2)10(13)14)6-9-11-4-5-12(9)3/h4-5,7-8H,6H2,1-3H3,(H,13,14). The van der Waals surface area contributed by atoms with E-state index in [2.05, 4.69) is 4.98 Å². The second-order valence-electron chi connectivity index (χ2n) is 3.76. The lowest BCUT2D eigenvalue weighted by atomic mass is 9.93. The number of imidazole rings is 1. The van der Waals surface area contributed by atoms with Crippen molar-refractivity contribution in [2.45, 2.75) is 20.3 Å². The van der Waals surface area contributed by atoms with Crippen LogP contribution in [-0.2, 0) is 18.3 Å². The summed E-state index contributed by atoms with van der Waals surface area (Å²) in [4.78, 5) is 14.9. The smallest absolute Gasteiger partial charge is 0.306 e. The van der Waals surface area contributed by atoms with Gasteiger partial charge in [0.25, 0.3) is 0 Å². The molecule has 1 rings (SSSR count). The maximum Gasteiger partial charge on any atom is 0.306 e. The molecule has 0 radical (unpaired) electrons. The Bertz CT molecular complexity index is 320. The van der Waals surface area contributed by atoms with Crippen molar-refractivity contribution in [3.8, 4) is 0 Å². The van der Waals surface area contributed by atoms with Gasteiger partial charge in [-0.3, -0.25) is 4.79 Å². The van der Waals surface area contributed by atoms with E-state index in [9.17, 15) is 4.79 Å². The first-order valence-electron chi connectivity index (χ1n) is 4.71. The van der Waals surface area contributed by atoms with Crippen LogP contribution in [0.4, 0.5) is 0 Å². The number of rotatable bonds is 4. The van der Waals surface area contributed by atoms with Crippen molar-refractivity contribution >= 4 is 5.97 Å². The summed E-state index contributed by atoms with van der Waals surface area (Å²) < 4.78 is 1.92. The first-order chi connectivity index (χ1) is 6.52. The predicted molar refractivity (Wildman–Crippen MR) is 52.9 cm³/mol. The molecule has 2 atom stereocenters. The zero-order valence-electron chi connectivity index (χ0n) is 8.77. The van der Waals surface area contributed by atoms with Crippen LogP contribution in [-0.4, -0.2) is 20.6 Å². The van der Waals surface area contributed by atoms with Crippen molar-refractivity contribution < 1.29 is 9.90 Å². The van der Waals surface area contributed by atoms with E-state index in [4.69, 9.17) is 5.11 Å². The Morgan fingerprint density at radius 2 is 2.29 bits per heavy atom. The molecule has 4 nitrogen and oxygen atoms in total. The molecule has 0 aromatic carbocycles. The monoisotopic (exact) mass is 196 g/mol. The molecule has 0 aliphatic rings. The average Bonchev–Trinajstić information content (AvgIpc) is 2.50. The summed E-state index contributed by atoms with van der Waals surface area (Å²) in [5.74, 6) is -0.0300. The van der Waals surface area contributed by atoms with Gasteiger partial charge in [0, 0.05) is 25.9 Å². The topological polar surface area (TPSA) is 55.1 Å². The zero-order valence-corrected chi connectivity index (χ0v) is 8.77. The van der Waals surface area contributed by atoms with E-state index in [-0.39, 0.29) is 11.8 Å². The highest BCUT2D eigenvalue weighted by Gasteiger charge is 2.20. The van der Waals surface area contributed by atoms with Gasteiger partial charge in [-0.15, -0.1) is 0 Å². The molecule has 0 aliphatic heterocycles. The van der Waals surface area contributed by atoms with Crippen molar-refractivity contribution in [3.63, 3.8) is 0 Å². The Labute approximate surface area is 83.6 Å². The van der Waals surface area contributed by atoms with Crippen molar-refractivity contribution in [2.75, 3.05) is 0 Å². The number of aliphatic carboxylic acids is 1. The van der Waals surface area contributed by atoms with Gasteiger partial charge in [0.1, 0.15) is 5.82 Å². The lowest BCUT2D eigenvalue weighted by Crippen LogP contribution is -2.21. The number of hydrogen-bond acceptors (Lipinski definition) is 2. The lowest BCUT2D eigenvalue weighted by Gasteiger charge is -2.15. The van der Waals surface area contributed by atoms with E-state index < -0.39 is 5.97 Å². The number of carboxylic acids is 1. The third kappa shape index (κ3) is 2.34. The van der Waals surface area contributed by atoms with E-state index in [0.717, 1.165) is 5.82 Å². The van der Waals surface area contributed by atoms with E-state index >= 15 is 0 Å². The van der Waals surface area contributed by atoms with Gasteiger partial charge in [-0.1, -0.05) is 13.8 Å². The minimum atomic E-state index is -0.744. The number of carboxylic acid groups (broad SMARTS) is 1. The Hall–Kier alpha value is -1.32. The fourth-order valence-electron chi connectivity index (χ4n) is 1.30. The van der Waals surface area contributed by atoms with Gasteiger partial charge < -0.3 is 9.67 Å². The summed E-state index contributed by atoms with van der Waals surface area (Å²) in [6.45, 7) is 3.67. The van der Waals surface area contributed by atoms with Gasteiger partial charge in [-0.05, 0) is 5.92 Å². The van der Waals surface area contributed by atoms with Crippen molar-refractivity contribution in [1.29, 1.82) is 0 Å². The third-order valence-corrected chi connectivity index (χ3v) is 2.67.